The number of hydrogen-bond donors (Lipinski definition) is 3. The standard InChI is InChI=1S/C51H76N8O9/c1-34(7-14-48(65)66-4)39-12-13-40-49-41-27-43(51(39,40)3)55-68-33-47(64)59-20-6-18-57-23-21-56(22-24-57)17-5-19-58(30-44(61)52-28-35-8-10-36(11-9-35)29-53-45(62)31-59)46(63)32-67-54-42(49)26-37-25-38(60)15-16-50(37,41)2/h8-11,34,37-41,49,60H,5-7,12-33H2,1-4H3,(H,52,61)(H,53,62)/b54-42?,55-43-/t34-,37+,38-,39-,40+,41+,49+,50+,51-/m1/s1. The second kappa shape index (κ2) is 22.0. The molecule has 1 aromatic rings. The second-order valence-corrected chi connectivity index (χ2v) is 21.4. The molecule has 10 bridgehead atoms. The summed E-state index contributed by atoms with van der Waals surface area (Å²) in [6, 6.07) is 7.59. The molecule has 5 fully saturated rings. The molecule has 11 aliphatic rings. The Bertz CT molecular complexity index is 2040. The van der Waals surface area contributed by atoms with Gasteiger partial charge < -0.3 is 49.8 Å². The molecule has 7 aliphatic heterocycles. The highest BCUT2D eigenvalue weighted by Gasteiger charge is 2.65. The first kappa shape index (κ1) is 49.8. The number of carbonyl (C=O) groups is 5. The third-order valence-corrected chi connectivity index (χ3v) is 17.5. The lowest BCUT2D eigenvalue weighted by Gasteiger charge is -2.61. The van der Waals surface area contributed by atoms with Crippen LogP contribution >= 0.6 is 0 Å². The van der Waals surface area contributed by atoms with Crippen LogP contribution in [0.15, 0.2) is 34.6 Å². The van der Waals surface area contributed by atoms with Crippen LogP contribution in [0.5, 0.6) is 0 Å². The minimum absolute atomic E-state index is 0.00744. The van der Waals surface area contributed by atoms with Crippen molar-refractivity contribution >= 4 is 41.0 Å². The summed E-state index contributed by atoms with van der Waals surface area (Å²) in [4.78, 5) is 88.4. The zero-order chi connectivity index (χ0) is 48.0. The lowest BCUT2D eigenvalue weighted by Crippen LogP contribution is -2.60. The van der Waals surface area contributed by atoms with Crippen molar-refractivity contribution in [3.05, 3.63) is 35.4 Å². The van der Waals surface area contributed by atoms with E-state index in [1.807, 2.05) is 24.3 Å². The molecule has 1 aromatic carbocycles. The zero-order valence-corrected chi connectivity index (χ0v) is 40.9. The summed E-state index contributed by atoms with van der Waals surface area (Å²) in [6.07, 6.45) is 7.09. The van der Waals surface area contributed by atoms with Gasteiger partial charge in [-0.05, 0) is 123 Å². The van der Waals surface area contributed by atoms with Crippen molar-refractivity contribution < 1.29 is 43.5 Å². The molecular weight excluding hydrogens is 869 g/mol. The highest BCUT2D eigenvalue weighted by atomic mass is 16.6. The van der Waals surface area contributed by atoms with Crippen molar-refractivity contribution in [2.45, 2.75) is 111 Å². The Morgan fingerprint density at radius 2 is 1.37 bits per heavy atom. The van der Waals surface area contributed by atoms with Crippen LogP contribution in [-0.4, -0.2) is 158 Å². The molecule has 4 saturated carbocycles. The molecule has 68 heavy (non-hydrogen) atoms. The first-order valence-electron chi connectivity index (χ1n) is 25.5. The maximum atomic E-state index is 14.3. The summed E-state index contributed by atoms with van der Waals surface area (Å²) < 4.78 is 5.05. The van der Waals surface area contributed by atoms with Crippen molar-refractivity contribution in [3.8, 4) is 0 Å². The SMILES string of the molecule is COC(=O)CC[C@@H](C)[C@H]1CC[C@H]2[C@@H]3C4=NOCC(=O)N5CCCN6CCN(CCCN(CC(=O)NCc7ccc(cc7)CNC(=O)C5)C(=O)CO/N=C(/C[C@@H]3[C@@]3(C)CC[C@@H](O)C[C@H]3C4)[C@]12C)CC6. The van der Waals surface area contributed by atoms with Gasteiger partial charge >= 0.3 is 5.97 Å². The first-order chi connectivity index (χ1) is 32.7. The van der Waals surface area contributed by atoms with Crippen LogP contribution in [0.2, 0.25) is 0 Å². The van der Waals surface area contributed by atoms with Gasteiger partial charge in [-0.3, -0.25) is 24.0 Å². The molecule has 1 saturated heterocycles. The third-order valence-electron chi connectivity index (χ3n) is 17.5. The van der Waals surface area contributed by atoms with E-state index in [9.17, 15) is 29.1 Å². The predicted molar refractivity (Wildman–Crippen MR) is 255 cm³/mol. The smallest absolute Gasteiger partial charge is 0.305 e. The van der Waals surface area contributed by atoms with Gasteiger partial charge in [0, 0.05) is 70.1 Å². The van der Waals surface area contributed by atoms with Gasteiger partial charge in [0.25, 0.3) is 11.8 Å². The number of benzene rings is 1. The number of carbonyl (C=O) groups excluding carboxylic acids is 5. The summed E-state index contributed by atoms with van der Waals surface area (Å²) in [5, 5.41) is 27.0. The highest BCUT2D eigenvalue weighted by Crippen LogP contribution is 2.67. The fourth-order valence-corrected chi connectivity index (χ4v) is 13.5. The van der Waals surface area contributed by atoms with Gasteiger partial charge in [0.1, 0.15) is 0 Å². The molecule has 0 spiro atoms. The molecule has 12 rings (SSSR count). The van der Waals surface area contributed by atoms with Gasteiger partial charge in [-0.15, -0.1) is 0 Å². The normalized spacial score (nSPS) is 35.8. The summed E-state index contributed by atoms with van der Waals surface area (Å²) >= 11 is 0. The maximum Gasteiger partial charge on any atom is 0.305 e. The molecule has 3 N–H and O–H groups in total. The van der Waals surface area contributed by atoms with E-state index in [1.54, 1.807) is 9.80 Å². The quantitative estimate of drug-likeness (QED) is 0.374. The van der Waals surface area contributed by atoms with Crippen LogP contribution in [0.25, 0.3) is 0 Å². The van der Waals surface area contributed by atoms with E-state index in [-0.39, 0.29) is 110 Å². The second-order valence-electron chi connectivity index (χ2n) is 21.4. The van der Waals surface area contributed by atoms with Crippen molar-refractivity contribution in [3.63, 3.8) is 0 Å². The fourth-order valence-electron chi connectivity index (χ4n) is 13.5. The summed E-state index contributed by atoms with van der Waals surface area (Å²) in [5.74, 6) is -0.883. The Morgan fingerprint density at radius 1 is 0.794 bits per heavy atom. The molecule has 17 nitrogen and oxygen atoms in total. The molecule has 4 amide bonds. The first-order valence-corrected chi connectivity index (χ1v) is 25.5. The number of hydrogen-bond acceptors (Lipinski definition) is 13. The number of nitrogens with one attached hydrogen (secondary N) is 2. The molecule has 374 valence electrons. The van der Waals surface area contributed by atoms with Gasteiger partial charge in [-0.1, -0.05) is 55.3 Å². The zero-order valence-electron chi connectivity index (χ0n) is 40.9. The Kier molecular flexibility index (Phi) is 16.1. The number of amides is 4. The number of aliphatic hydroxyl groups is 1. The summed E-state index contributed by atoms with van der Waals surface area (Å²) in [6.45, 7) is 12.3. The number of nitrogens with zero attached hydrogens (tertiary/aromatic N) is 6. The summed E-state index contributed by atoms with van der Waals surface area (Å²) in [7, 11) is 1.42. The van der Waals surface area contributed by atoms with Gasteiger partial charge in [-0.2, -0.15) is 0 Å². The lowest BCUT2D eigenvalue weighted by atomic mass is 9.43. The van der Waals surface area contributed by atoms with Crippen LogP contribution in [0.4, 0.5) is 0 Å². The van der Waals surface area contributed by atoms with E-state index >= 15 is 0 Å². The molecule has 7 heterocycles. The van der Waals surface area contributed by atoms with Crippen LogP contribution in [0.3, 0.4) is 0 Å². The molecular formula is C51H76N8O9. The van der Waals surface area contributed by atoms with Gasteiger partial charge in [0.2, 0.25) is 11.8 Å². The van der Waals surface area contributed by atoms with Crippen molar-refractivity contribution in [1.82, 2.24) is 30.2 Å². The minimum atomic E-state index is -0.491. The van der Waals surface area contributed by atoms with Crippen LogP contribution in [-0.2, 0) is 51.5 Å². The van der Waals surface area contributed by atoms with E-state index in [0.717, 1.165) is 81.1 Å². The van der Waals surface area contributed by atoms with E-state index in [1.165, 1.54) is 7.11 Å². The maximum absolute atomic E-state index is 14.3. The third kappa shape index (κ3) is 11.2. The van der Waals surface area contributed by atoms with Crippen molar-refractivity contribution in [1.29, 1.82) is 0 Å². The monoisotopic (exact) mass is 945 g/mol. The number of fused-ring (bicyclic) bond motifs is 7. The Hall–Kier alpha value is -4.61. The van der Waals surface area contributed by atoms with E-state index in [0.29, 0.717) is 64.5 Å². The largest absolute Gasteiger partial charge is 0.469 e. The molecule has 17 heteroatoms. The van der Waals surface area contributed by atoms with Gasteiger partial charge in [-0.25, -0.2) is 0 Å². The van der Waals surface area contributed by atoms with Gasteiger partial charge in [0.05, 0.1) is 37.7 Å². The van der Waals surface area contributed by atoms with E-state index < -0.39 is 11.5 Å². The van der Waals surface area contributed by atoms with Crippen LogP contribution in [0, 0.1) is 46.3 Å². The number of rotatable bonds is 4. The average molecular weight is 945 g/mol. The molecule has 0 unspecified atom stereocenters. The minimum Gasteiger partial charge on any atom is -0.469 e. The highest BCUT2D eigenvalue weighted by molar-refractivity contribution is 5.97. The number of esters is 1. The van der Waals surface area contributed by atoms with E-state index in [4.69, 9.17) is 24.7 Å². The van der Waals surface area contributed by atoms with Crippen molar-refractivity contribution in [2.75, 3.05) is 85.8 Å². The Morgan fingerprint density at radius 3 is 1.94 bits per heavy atom. The lowest BCUT2D eigenvalue weighted by molar-refractivity contribution is -0.141. The number of ether oxygens (including phenoxy) is 1. The average Bonchev–Trinajstić information content (AvgIpc) is 3.69. The predicted octanol–water partition coefficient (Wildman–Crippen LogP) is 3.58. The van der Waals surface area contributed by atoms with Crippen molar-refractivity contribution in [2.24, 2.45) is 56.6 Å². The Labute approximate surface area is 402 Å². The number of aliphatic hydroxyl groups excluding tert-OH is 1. The molecule has 0 aromatic heterocycles. The topological polar surface area (TPSA) is 195 Å². The van der Waals surface area contributed by atoms with E-state index in [2.05, 4.69) is 41.2 Å². The van der Waals surface area contributed by atoms with Crippen LogP contribution in [0.1, 0.15) is 103 Å². The molecule has 9 atom stereocenters. The van der Waals surface area contributed by atoms with Crippen LogP contribution < -0.4 is 10.6 Å². The molecule has 0 radical (unpaired) electrons. The van der Waals surface area contributed by atoms with Gasteiger partial charge in [0.15, 0.2) is 13.2 Å². The Balaban J connectivity index is 1.17. The number of oxime groups is 2. The number of piperazine rings is 1. The molecule has 4 aliphatic carbocycles. The summed E-state index contributed by atoms with van der Waals surface area (Å²) in [5.41, 5.74) is 2.90. The number of methoxy groups -OCH3 is 1. The fraction of sp³-hybridized carbons (Fsp3) is 0.745.